The average Bonchev–Trinajstić information content (AvgIpc) is 3.00. The van der Waals surface area contributed by atoms with Crippen LogP contribution in [0.2, 0.25) is 0 Å². The van der Waals surface area contributed by atoms with E-state index in [1.54, 1.807) is 0 Å². The van der Waals surface area contributed by atoms with E-state index in [9.17, 15) is 0 Å². The molecule has 0 atom stereocenters. The van der Waals surface area contributed by atoms with Crippen LogP contribution in [0.4, 0.5) is 0 Å². The van der Waals surface area contributed by atoms with Gasteiger partial charge in [-0.3, -0.25) is 0 Å². The van der Waals surface area contributed by atoms with Crippen LogP contribution in [-0.4, -0.2) is 31.2 Å². The molecule has 0 aliphatic carbocycles. The molecule has 1 fully saturated rings. The monoisotopic (exact) mass is 261 g/mol. The van der Waals surface area contributed by atoms with Crippen LogP contribution in [0.1, 0.15) is 71.1 Å². The summed E-state index contributed by atoms with van der Waals surface area (Å²) in [6.45, 7) is 6.62. The van der Waals surface area contributed by atoms with Gasteiger partial charge >= 0.3 is 0 Å². The summed E-state index contributed by atoms with van der Waals surface area (Å²) in [5.74, 6) is 0. The third kappa shape index (κ3) is 9.91. The van der Waals surface area contributed by atoms with Gasteiger partial charge in [-0.05, 0) is 12.8 Å². The van der Waals surface area contributed by atoms with Gasteiger partial charge in [0.2, 0.25) is 0 Å². The van der Waals surface area contributed by atoms with Gasteiger partial charge in [0.05, 0.1) is 13.6 Å². The van der Waals surface area contributed by atoms with Crippen LogP contribution in [0.15, 0.2) is 0 Å². The maximum atomic E-state index is 2.40. The summed E-state index contributed by atoms with van der Waals surface area (Å²) in [5, 5.41) is 0. The summed E-state index contributed by atoms with van der Waals surface area (Å²) in [4.78, 5) is 0. The number of hydrogen-bond donors (Lipinski definition) is 0. The highest BCUT2D eigenvalue weighted by atomic mass is 35.5. The van der Waals surface area contributed by atoms with Crippen molar-refractivity contribution in [1.82, 2.24) is 0 Å². The van der Waals surface area contributed by atoms with Gasteiger partial charge in [-0.25, -0.2) is 0 Å². The van der Waals surface area contributed by atoms with Crippen molar-refractivity contribution in [3.63, 3.8) is 0 Å². The van der Waals surface area contributed by atoms with Gasteiger partial charge in [0.1, 0.15) is 13.1 Å². The van der Waals surface area contributed by atoms with Crippen molar-refractivity contribution in [2.24, 2.45) is 0 Å². The second-order valence-corrected chi connectivity index (χ2v) is 5.97. The van der Waals surface area contributed by atoms with E-state index in [1.165, 1.54) is 88.3 Å². The summed E-state index contributed by atoms with van der Waals surface area (Å²) >= 11 is 0. The highest BCUT2D eigenvalue weighted by molar-refractivity contribution is 4.53. The fraction of sp³-hybridized carbons (Fsp3) is 1.00. The first-order valence-corrected chi connectivity index (χ1v) is 7.60. The predicted octanol–water partition coefficient (Wildman–Crippen LogP) is 1.37. The summed E-state index contributed by atoms with van der Waals surface area (Å²) < 4.78 is 1.37. The molecule has 0 bridgehead atoms. The van der Waals surface area contributed by atoms with E-state index in [1.807, 2.05) is 0 Å². The lowest BCUT2D eigenvalue weighted by Gasteiger charge is -2.10. The molecule has 0 aromatic rings. The first kappa shape index (κ1) is 17.2. The lowest BCUT2D eigenvalue weighted by molar-refractivity contribution is -0.777. The Morgan fingerprint density at radius 2 is 1.12 bits per heavy atom. The standard InChI is InChI=1S/C15H32N.ClH/c1-3-4-5-6-7-8-9-10-11-12-13-16(2)14-15-16;/h3-15H2,1-2H3;1H/q+1;/p-1. The number of rotatable bonds is 11. The minimum Gasteiger partial charge on any atom is -1.00 e. The van der Waals surface area contributed by atoms with Crippen molar-refractivity contribution in [1.29, 1.82) is 0 Å². The molecule has 1 heterocycles. The van der Waals surface area contributed by atoms with E-state index < -0.39 is 0 Å². The summed E-state index contributed by atoms with van der Waals surface area (Å²) in [6.07, 6.45) is 14.6. The molecular weight excluding hydrogens is 230 g/mol. The fourth-order valence-corrected chi connectivity index (χ4v) is 2.38. The van der Waals surface area contributed by atoms with Crippen LogP contribution < -0.4 is 12.4 Å². The van der Waals surface area contributed by atoms with Crippen LogP contribution in [0.5, 0.6) is 0 Å². The Labute approximate surface area is 115 Å². The lowest BCUT2D eigenvalue weighted by Crippen LogP contribution is -3.00. The van der Waals surface area contributed by atoms with Crippen molar-refractivity contribution >= 4 is 0 Å². The van der Waals surface area contributed by atoms with E-state index in [4.69, 9.17) is 0 Å². The SMILES string of the molecule is CCCCCCCCCCCC[N+]1(C)CC1.[Cl-]. The highest BCUT2D eigenvalue weighted by Crippen LogP contribution is 2.18. The Morgan fingerprint density at radius 3 is 1.53 bits per heavy atom. The molecular formula is C15H32ClN. The highest BCUT2D eigenvalue weighted by Gasteiger charge is 2.35. The van der Waals surface area contributed by atoms with Crippen molar-refractivity contribution in [2.75, 3.05) is 26.7 Å². The topological polar surface area (TPSA) is 0 Å². The van der Waals surface area contributed by atoms with Crippen molar-refractivity contribution in [3.05, 3.63) is 0 Å². The molecule has 0 unspecified atom stereocenters. The normalized spacial score (nSPS) is 16.6. The second kappa shape index (κ2) is 10.2. The van der Waals surface area contributed by atoms with Gasteiger partial charge in [0.15, 0.2) is 0 Å². The van der Waals surface area contributed by atoms with E-state index >= 15 is 0 Å². The van der Waals surface area contributed by atoms with Gasteiger partial charge in [0.25, 0.3) is 0 Å². The lowest BCUT2D eigenvalue weighted by atomic mass is 10.1. The van der Waals surface area contributed by atoms with Crippen molar-refractivity contribution in [3.8, 4) is 0 Å². The van der Waals surface area contributed by atoms with Gasteiger partial charge in [-0.15, -0.1) is 0 Å². The van der Waals surface area contributed by atoms with Crippen LogP contribution >= 0.6 is 0 Å². The largest absolute Gasteiger partial charge is 1.00 e. The Morgan fingerprint density at radius 1 is 0.706 bits per heavy atom. The number of quaternary nitrogens is 1. The van der Waals surface area contributed by atoms with Crippen LogP contribution in [0, 0.1) is 0 Å². The predicted molar refractivity (Wildman–Crippen MR) is 72.6 cm³/mol. The van der Waals surface area contributed by atoms with Gasteiger partial charge < -0.3 is 16.9 Å². The average molecular weight is 262 g/mol. The zero-order valence-electron chi connectivity index (χ0n) is 12.0. The molecule has 17 heavy (non-hydrogen) atoms. The minimum atomic E-state index is 0. The maximum absolute atomic E-state index is 2.40. The molecule has 1 aliphatic heterocycles. The quantitative estimate of drug-likeness (QED) is 0.299. The van der Waals surface area contributed by atoms with E-state index in [2.05, 4.69) is 14.0 Å². The number of likely N-dealkylation sites (N-methyl/N-ethyl adjacent to an activating group) is 1. The molecule has 1 rings (SSSR count). The Hall–Kier alpha value is 0.250. The zero-order valence-corrected chi connectivity index (χ0v) is 12.8. The van der Waals surface area contributed by atoms with Gasteiger partial charge in [-0.1, -0.05) is 58.3 Å². The zero-order chi connectivity index (χ0) is 11.7. The molecule has 1 nitrogen and oxygen atoms in total. The number of hydrogen-bond acceptors (Lipinski definition) is 0. The van der Waals surface area contributed by atoms with E-state index in [-0.39, 0.29) is 12.4 Å². The second-order valence-electron chi connectivity index (χ2n) is 5.97. The molecule has 1 saturated heterocycles. The van der Waals surface area contributed by atoms with Crippen molar-refractivity contribution in [2.45, 2.75) is 71.1 Å². The van der Waals surface area contributed by atoms with Crippen LogP contribution in [-0.2, 0) is 0 Å². The van der Waals surface area contributed by atoms with E-state index in [0.717, 1.165) is 0 Å². The van der Waals surface area contributed by atoms with Gasteiger partial charge in [-0.2, -0.15) is 0 Å². The van der Waals surface area contributed by atoms with Crippen LogP contribution in [0.25, 0.3) is 0 Å². The van der Waals surface area contributed by atoms with E-state index in [0.29, 0.717) is 0 Å². The molecule has 0 aromatic carbocycles. The van der Waals surface area contributed by atoms with Crippen LogP contribution in [0.3, 0.4) is 0 Å². The molecule has 0 radical (unpaired) electrons. The first-order valence-electron chi connectivity index (χ1n) is 7.60. The number of unbranched alkanes of at least 4 members (excludes halogenated alkanes) is 9. The first-order chi connectivity index (χ1) is 7.77. The Bertz CT molecular complexity index is 166. The van der Waals surface area contributed by atoms with Crippen molar-refractivity contribution < 1.29 is 16.9 Å². The maximum Gasteiger partial charge on any atom is 0.128 e. The smallest absolute Gasteiger partial charge is 0.128 e. The number of nitrogens with zero attached hydrogens (tertiary/aromatic N) is 1. The third-order valence-corrected chi connectivity index (χ3v) is 4.04. The molecule has 0 aromatic heterocycles. The molecule has 0 saturated carbocycles. The Balaban J connectivity index is 0.00000256. The van der Waals surface area contributed by atoms with Gasteiger partial charge in [0, 0.05) is 0 Å². The molecule has 104 valence electrons. The Kier molecular flexibility index (Phi) is 10.3. The summed E-state index contributed by atoms with van der Waals surface area (Å²) in [7, 11) is 2.40. The minimum absolute atomic E-state index is 0. The summed E-state index contributed by atoms with van der Waals surface area (Å²) in [6, 6.07) is 0. The third-order valence-electron chi connectivity index (χ3n) is 4.04. The molecule has 0 amide bonds. The molecule has 0 spiro atoms. The molecule has 1 aliphatic rings. The molecule has 2 heteroatoms. The molecule has 0 N–H and O–H groups in total. The fourth-order valence-electron chi connectivity index (χ4n) is 2.38. The summed E-state index contributed by atoms with van der Waals surface area (Å²) in [5.41, 5.74) is 0. The number of halogens is 1.